The second-order valence-corrected chi connectivity index (χ2v) is 12.1. The Morgan fingerprint density at radius 2 is 1.73 bits per heavy atom. The van der Waals surface area contributed by atoms with Crippen LogP contribution in [-0.4, -0.2) is 50.7 Å². The molecule has 1 aromatic heterocycles. The summed E-state index contributed by atoms with van der Waals surface area (Å²) in [5.41, 5.74) is 7.56. The van der Waals surface area contributed by atoms with Crippen molar-refractivity contribution in [3.8, 4) is 22.4 Å². The van der Waals surface area contributed by atoms with Gasteiger partial charge in [0.25, 0.3) is 0 Å². The molecule has 9 heteroatoms. The number of nitrogens with one attached hydrogen (secondary N) is 1. The minimum absolute atomic E-state index is 0.0667. The zero-order valence-corrected chi connectivity index (χ0v) is 23.9. The number of aromatic nitrogens is 2. The third kappa shape index (κ3) is 6.31. The van der Waals surface area contributed by atoms with Crippen LogP contribution in [-0.2, 0) is 15.1 Å². The van der Waals surface area contributed by atoms with E-state index in [2.05, 4.69) is 15.5 Å². The van der Waals surface area contributed by atoms with Gasteiger partial charge >= 0.3 is 0 Å². The number of nitrogens with zero attached hydrogens (tertiary/aromatic N) is 3. The second kappa shape index (κ2) is 11.3. The highest BCUT2D eigenvalue weighted by molar-refractivity contribution is 5.91. The Morgan fingerprint density at radius 1 is 1.05 bits per heavy atom. The predicted octanol–water partition coefficient (Wildman–Crippen LogP) is 5.01. The van der Waals surface area contributed by atoms with E-state index >= 15 is 4.39 Å². The van der Waals surface area contributed by atoms with Gasteiger partial charge in [-0.1, -0.05) is 42.5 Å². The van der Waals surface area contributed by atoms with E-state index in [4.69, 9.17) is 5.73 Å². The number of rotatable bonds is 7. The first kappa shape index (κ1) is 28.8. The van der Waals surface area contributed by atoms with Crippen LogP contribution in [0.25, 0.3) is 22.4 Å². The number of carbonyl (C=O) groups is 2. The maximum Gasteiger partial charge on any atom is 0.225 e. The smallest absolute Gasteiger partial charge is 0.225 e. The van der Waals surface area contributed by atoms with Crippen LogP contribution in [0, 0.1) is 11.7 Å². The van der Waals surface area contributed by atoms with Crippen molar-refractivity contribution in [2.45, 2.75) is 76.0 Å². The van der Waals surface area contributed by atoms with Crippen LogP contribution in [0.2, 0.25) is 0 Å². The van der Waals surface area contributed by atoms with E-state index in [9.17, 15) is 14.7 Å². The van der Waals surface area contributed by atoms with Crippen molar-refractivity contribution in [3.63, 3.8) is 0 Å². The van der Waals surface area contributed by atoms with E-state index in [0.29, 0.717) is 34.6 Å². The number of amides is 2. The fourth-order valence-electron chi connectivity index (χ4n) is 6.52. The van der Waals surface area contributed by atoms with Crippen molar-refractivity contribution in [2.24, 2.45) is 11.7 Å². The third-order valence-corrected chi connectivity index (χ3v) is 8.65. The Morgan fingerprint density at radius 3 is 2.34 bits per heavy atom. The largest absolute Gasteiger partial charge is 0.390 e. The Balaban J connectivity index is 1.33. The number of benzene rings is 2. The lowest BCUT2D eigenvalue weighted by Crippen LogP contribution is -2.58. The quantitative estimate of drug-likeness (QED) is 0.374. The molecule has 0 spiro atoms. The first-order valence-electron chi connectivity index (χ1n) is 14.2. The molecular formula is C32H38FN5O3. The van der Waals surface area contributed by atoms with E-state index in [1.165, 1.54) is 6.07 Å². The second-order valence-electron chi connectivity index (χ2n) is 12.1. The van der Waals surface area contributed by atoms with E-state index in [1.807, 2.05) is 37.4 Å². The van der Waals surface area contributed by atoms with Gasteiger partial charge in [0, 0.05) is 48.7 Å². The molecule has 2 fully saturated rings. The summed E-state index contributed by atoms with van der Waals surface area (Å²) in [6, 6.07) is 16.4. The average molecular weight is 560 g/mol. The summed E-state index contributed by atoms with van der Waals surface area (Å²) in [6.45, 7) is 3.28. The fourth-order valence-corrected chi connectivity index (χ4v) is 6.52. The van der Waals surface area contributed by atoms with Crippen LogP contribution in [0.1, 0.15) is 64.4 Å². The average Bonchev–Trinajstić information content (AvgIpc) is 2.92. The summed E-state index contributed by atoms with van der Waals surface area (Å²) >= 11 is 0. The van der Waals surface area contributed by atoms with E-state index in [1.54, 1.807) is 36.9 Å². The minimum Gasteiger partial charge on any atom is -0.390 e. The van der Waals surface area contributed by atoms with Crippen molar-refractivity contribution in [1.29, 1.82) is 0 Å². The van der Waals surface area contributed by atoms with Gasteiger partial charge in [0.2, 0.25) is 11.8 Å². The van der Waals surface area contributed by atoms with Crippen LogP contribution >= 0.6 is 0 Å². The molecule has 2 saturated carbocycles. The summed E-state index contributed by atoms with van der Waals surface area (Å²) in [5, 5.41) is 21.8. The van der Waals surface area contributed by atoms with Crippen LogP contribution in [0.5, 0.6) is 0 Å². The molecule has 3 aromatic rings. The van der Waals surface area contributed by atoms with Crippen LogP contribution in [0.4, 0.5) is 10.2 Å². The van der Waals surface area contributed by atoms with Crippen molar-refractivity contribution in [1.82, 2.24) is 15.1 Å². The Bertz CT molecular complexity index is 1430. The molecule has 0 unspecified atom stereocenters. The minimum atomic E-state index is -0.906. The monoisotopic (exact) mass is 559 g/mol. The molecule has 2 amide bonds. The zero-order chi connectivity index (χ0) is 29.4. The highest BCUT2D eigenvalue weighted by Crippen LogP contribution is 2.47. The standard InChI is InChI=1S/C32H38FN5O3/c1-20(39)38(3)24-12-9-21(10-13-24)15-29(40)35-28-17-25(22-7-5-4-6-8-22)30(37-36-28)23-11-14-26(27(33)16-23)32(34)18-31(2,41)19-32/h4-8,11,14,16-17,21,24,41H,9-10,12-13,15,18-19,34H2,1-3H3,(H,35,36,40)/t21-,24-,31-,32-. The maximum absolute atomic E-state index is 15.3. The molecule has 0 bridgehead atoms. The molecule has 2 aliphatic carbocycles. The van der Waals surface area contributed by atoms with Gasteiger partial charge in [-0.25, -0.2) is 4.39 Å². The number of hydrogen-bond donors (Lipinski definition) is 3. The molecule has 1 heterocycles. The molecule has 0 atom stereocenters. The highest BCUT2D eigenvalue weighted by atomic mass is 19.1. The SMILES string of the molecule is CC(=O)N(C)[C@H]1CC[C@H](CC(=O)Nc2cc(-c3ccccc3)c(-c3ccc([C@]4(N)C[C@](C)(O)C4)c(F)c3)nn2)CC1. The topological polar surface area (TPSA) is 121 Å². The fraction of sp³-hybridized carbons (Fsp3) is 0.438. The first-order valence-corrected chi connectivity index (χ1v) is 14.2. The van der Waals surface area contributed by atoms with Gasteiger partial charge in [0.15, 0.2) is 5.82 Å². The summed E-state index contributed by atoms with van der Waals surface area (Å²) in [6.07, 6.45) is 4.51. The van der Waals surface area contributed by atoms with E-state index in [-0.39, 0.29) is 36.6 Å². The highest BCUT2D eigenvalue weighted by Gasteiger charge is 2.50. The molecule has 2 aromatic carbocycles. The Hall–Kier alpha value is -3.69. The van der Waals surface area contributed by atoms with Crippen molar-refractivity contribution < 1.29 is 19.1 Å². The van der Waals surface area contributed by atoms with Crippen molar-refractivity contribution in [2.75, 3.05) is 12.4 Å². The van der Waals surface area contributed by atoms with Gasteiger partial charge < -0.3 is 21.1 Å². The molecule has 41 heavy (non-hydrogen) atoms. The lowest BCUT2D eigenvalue weighted by Gasteiger charge is -2.49. The zero-order valence-electron chi connectivity index (χ0n) is 23.9. The normalized spacial score (nSPS) is 25.7. The molecule has 216 valence electrons. The molecule has 0 saturated heterocycles. The van der Waals surface area contributed by atoms with Gasteiger partial charge in [-0.2, -0.15) is 0 Å². The molecule has 8 nitrogen and oxygen atoms in total. The molecule has 0 aliphatic heterocycles. The first-order chi connectivity index (χ1) is 19.4. The molecule has 5 rings (SSSR count). The number of nitrogens with two attached hydrogens (primary N) is 1. The molecule has 4 N–H and O–H groups in total. The van der Waals surface area contributed by atoms with Crippen molar-refractivity contribution >= 4 is 17.6 Å². The van der Waals surface area contributed by atoms with Crippen LogP contribution < -0.4 is 11.1 Å². The predicted molar refractivity (Wildman–Crippen MR) is 156 cm³/mol. The van der Waals surface area contributed by atoms with Crippen LogP contribution in [0.15, 0.2) is 54.6 Å². The van der Waals surface area contributed by atoms with Gasteiger partial charge in [-0.15, -0.1) is 10.2 Å². The summed E-state index contributed by atoms with van der Waals surface area (Å²) < 4.78 is 15.3. The maximum atomic E-state index is 15.3. The molecule has 0 radical (unpaired) electrons. The number of hydrogen-bond acceptors (Lipinski definition) is 6. The Labute approximate surface area is 240 Å². The van der Waals surface area contributed by atoms with Gasteiger partial charge in [-0.05, 0) is 69.1 Å². The Kier molecular flexibility index (Phi) is 7.94. The van der Waals surface area contributed by atoms with Gasteiger partial charge in [0.1, 0.15) is 11.5 Å². The summed E-state index contributed by atoms with van der Waals surface area (Å²) in [5.74, 6) is 0.0609. The number of carbonyl (C=O) groups excluding carboxylic acids is 2. The summed E-state index contributed by atoms with van der Waals surface area (Å²) in [4.78, 5) is 26.4. The van der Waals surface area contributed by atoms with Crippen molar-refractivity contribution in [3.05, 3.63) is 66.0 Å². The van der Waals surface area contributed by atoms with E-state index in [0.717, 1.165) is 31.2 Å². The number of aliphatic hydroxyl groups is 1. The lowest BCUT2D eigenvalue weighted by molar-refractivity contribution is -0.130. The van der Waals surface area contributed by atoms with Gasteiger partial charge in [0.05, 0.1) is 5.60 Å². The third-order valence-electron chi connectivity index (χ3n) is 8.65. The lowest BCUT2D eigenvalue weighted by atomic mass is 9.63. The molecule has 2 aliphatic rings. The van der Waals surface area contributed by atoms with E-state index < -0.39 is 17.0 Å². The summed E-state index contributed by atoms with van der Waals surface area (Å²) in [7, 11) is 1.84. The molecular weight excluding hydrogens is 521 g/mol. The van der Waals surface area contributed by atoms with Gasteiger partial charge in [-0.3, -0.25) is 9.59 Å². The number of anilines is 1. The number of halogens is 1. The van der Waals surface area contributed by atoms with Crippen LogP contribution in [0.3, 0.4) is 0 Å².